The van der Waals surface area contributed by atoms with Gasteiger partial charge in [0.25, 0.3) is 0 Å². The number of nitrogens with zero attached hydrogens (tertiary/aromatic N) is 4. The average Bonchev–Trinajstić information content (AvgIpc) is 4.11. The van der Waals surface area contributed by atoms with Crippen LogP contribution in [0.4, 0.5) is 22.7 Å². The molecule has 0 unspecified atom stereocenters. The van der Waals surface area contributed by atoms with Gasteiger partial charge in [-0.2, -0.15) is 0 Å². The van der Waals surface area contributed by atoms with E-state index >= 15 is 0 Å². The second kappa shape index (κ2) is 15.9. The monoisotopic (exact) mass is 788 g/mol. The smallest absolute Gasteiger partial charge is 0.336 e. The van der Waals surface area contributed by atoms with Gasteiger partial charge in [-0.1, -0.05) is 59.9 Å². The van der Waals surface area contributed by atoms with E-state index in [9.17, 15) is 19.2 Å². The van der Waals surface area contributed by atoms with Crippen molar-refractivity contribution in [2.75, 3.05) is 51.1 Å². The van der Waals surface area contributed by atoms with Crippen LogP contribution in [-0.2, 0) is 32.0 Å². The van der Waals surface area contributed by atoms with Crippen molar-refractivity contribution in [3.8, 4) is 11.5 Å². The van der Waals surface area contributed by atoms with E-state index in [2.05, 4.69) is 0 Å². The van der Waals surface area contributed by atoms with E-state index in [4.69, 9.17) is 9.47 Å². The number of carbonyl (C=O) groups excluding carboxylic acids is 4. The zero-order chi connectivity index (χ0) is 39.1. The molecule has 0 saturated heterocycles. The van der Waals surface area contributed by atoms with Gasteiger partial charge in [0, 0.05) is 31.7 Å². The fraction of sp³-hybridized carbons (Fsp3) is 0.318. The number of para-hydroxylation sites is 2. The van der Waals surface area contributed by atoms with Crippen molar-refractivity contribution in [3.05, 3.63) is 96.1 Å². The molecule has 0 N–H and O–H groups in total. The molecule has 12 heteroatoms. The van der Waals surface area contributed by atoms with Gasteiger partial charge in [0.1, 0.15) is 11.4 Å². The standard InChI is InChI=1S/C44H44N4O6S2/c1-45(2)25-37(49)47-31-9-5-7-11-33(31)55-35-19-17-29(23-27-13-14-27)43(41(35)47)53-39(51)21-22-40(52)54-44-30(24-28-15-16-28)18-20-36-42(44)48(38(50)26-46(3)4)32-10-6-8-12-34(32)56-36/h5-12,17-22,27-28H,13-16,23-26H2,1-4H3/b22-21-. The zero-order valence-corrected chi connectivity index (χ0v) is 33.6. The van der Waals surface area contributed by atoms with E-state index in [1.807, 2.05) is 111 Å². The van der Waals surface area contributed by atoms with Gasteiger partial charge in [-0.3, -0.25) is 19.4 Å². The molecule has 288 valence electrons. The Hall–Kier alpha value is -4.88. The van der Waals surface area contributed by atoms with Crippen LogP contribution in [0.15, 0.2) is 105 Å². The van der Waals surface area contributed by atoms with Gasteiger partial charge in [0.05, 0.1) is 24.5 Å². The molecule has 4 aliphatic rings. The van der Waals surface area contributed by atoms with Gasteiger partial charge in [-0.25, -0.2) is 9.59 Å². The lowest BCUT2D eigenvalue weighted by Crippen LogP contribution is -2.36. The van der Waals surface area contributed by atoms with Crippen molar-refractivity contribution < 1.29 is 28.7 Å². The lowest BCUT2D eigenvalue weighted by atomic mass is 10.0. The van der Waals surface area contributed by atoms with Crippen LogP contribution in [0.2, 0.25) is 0 Å². The van der Waals surface area contributed by atoms with Crippen molar-refractivity contribution in [3.63, 3.8) is 0 Å². The van der Waals surface area contributed by atoms with Gasteiger partial charge in [0.2, 0.25) is 11.8 Å². The molecule has 2 aliphatic carbocycles. The summed E-state index contributed by atoms with van der Waals surface area (Å²) < 4.78 is 12.3. The molecule has 0 aromatic heterocycles. The van der Waals surface area contributed by atoms with Crippen molar-refractivity contribution in [2.24, 2.45) is 11.8 Å². The van der Waals surface area contributed by atoms with Crippen molar-refractivity contribution in [2.45, 2.75) is 58.1 Å². The van der Waals surface area contributed by atoms with Crippen LogP contribution in [0.25, 0.3) is 0 Å². The predicted molar refractivity (Wildman–Crippen MR) is 219 cm³/mol. The minimum absolute atomic E-state index is 0.151. The molecule has 2 amide bonds. The highest BCUT2D eigenvalue weighted by Gasteiger charge is 2.36. The van der Waals surface area contributed by atoms with Gasteiger partial charge < -0.3 is 19.3 Å². The number of hydrogen-bond donors (Lipinski definition) is 0. The Morgan fingerprint density at radius 3 is 1.36 bits per heavy atom. The molecule has 4 aromatic carbocycles. The third-order valence-corrected chi connectivity index (χ3v) is 12.3. The number of fused-ring (bicyclic) bond motifs is 4. The van der Waals surface area contributed by atoms with Crippen molar-refractivity contribution in [1.29, 1.82) is 0 Å². The molecular formula is C44H44N4O6S2. The van der Waals surface area contributed by atoms with Crippen molar-refractivity contribution >= 4 is 70.0 Å². The lowest BCUT2D eigenvalue weighted by molar-refractivity contribution is -0.131. The first kappa shape index (κ1) is 38.0. The number of rotatable bonds is 12. The highest BCUT2D eigenvalue weighted by atomic mass is 32.2. The summed E-state index contributed by atoms with van der Waals surface area (Å²) in [7, 11) is 7.37. The summed E-state index contributed by atoms with van der Waals surface area (Å²) in [6.07, 6.45) is 7.92. The van der Waals surface area contributed by atoms with Crippen LogP contribution in [0.5, 0.6) is 11.5 Å². The topological polar surface area (TPSA) is 99.7 Å². The predicted octanol–water partition coefficient (Wildman–Crippen LogP) is 8.04. The first-order valence-electron chi connectivity index (χ1n) is 19.0. The number of hydrogen-bond acceptors (Lipinski definition) is 10. The first-order valence-corrected chi connectivity index (χ1v) is 20.6. The number of likely N-dealkylation sites (N-methyl/N-ethyl adjacent to an activating group) is 2. The lowest BCUT2D eigenvalue weighted by Gasteiger charge is -2.33. The molecule has 10 nitrogen and oxygen atoms in total. The summed E-state index contributed by atoms with van der Waals surface area (Å²) in [4.78, 5) is 65.7. The van der Waals surface area contributed by atoms with Crippen LogP contribution in [0.1, 0.15) is 36.8 Å². The molecule has 0 spiro atoms. The Kier molecular flexibility index (Phi) is 10.8. The third kappa shape index (κ3) is 8.15. The summed E-state index contributed by atoms with van der Waals surface area (Å²) in [6, 6.07) is 23.4. The van der Waals surface area contributed by atoms with Gasteiger partial charge in [-0.15, -0.1) is 0 Å². The summed E-state index contributed by atoms with van der Waals surface area (Å²) >= 11 is 3.05. The first-order chi connectivity index (χ1) is 27.0. The Labute approximate surface area is 335 Å². The van der Waals surface area contributed by atoms with Gasteiger partial charge in [-0.05, 0) is 126 Å². The molecule has 0 atom stereocenters. The minimum Gasteiger partial charge on any atom is -0.421 e. The van der Waals surface area contributed by atoms with E-state index in [1.165, 1.54) is 23.5 Å². The Morgan fingerprint density at radius 1 is 0.589 bits per heavy atom. The number of esters is 2. The molecule has 56 heavy (non-hydrogen) atoms. The van der Waals surface area contributed by atoms with E-state index < -0.39 is 11.9 Å². The summed E-state index contributed by atoms with van der Waals surface area (Å²) in [5.41, 5.74) is 4.18. The van der Waals surface area contributed by atoms with E-state index in [0.29, 0.717) is 47.6 Å². The quantitative estimate of drug-likeness (QED) is 0.0797. The highest BCUT2D eigenvalue weighted by molar-refractivity contribution is 8.00. The second-order valence-corrected chi connectivity index (χ2v) is 17.5. The number of carbonyl (C=O) groups is 4. The van der Waals surface area contributed by atoms with Crippen LogP contribution in [0, 0.1) is 11.8 Å². The fourth-order valence-electron chi connectivity index (χ4n) is 7.13. The van der Waals surface area contributed by atoms with E-state index in [-0.39, 0.29) is 24.9 Å². The molecule has 0 bridgehead atoms. The molecule has 0 radical (unpaired) electrons. The normalized spacial score (nSPS) is 15.7. The van der Waals surface area contributed by atoms with Gasteiger partial charge >= 0.3 is 11.9 Å². The SMILES string of the molecule is CN(C)CC(=O)N1c2ccccc2Sc2ccc(CC3CC3)c(OC(=O)/C=C\C(=O)Oc3c(CC4CC4)ccc4c3N(C(=O)CN(C)C)c3ccccc3S4)c21. The molecular weight excluding hydrogens is 745 g/mol. The number of amides is 2. The fourth-order valence-corrected chi connectivity index (χ4v) is 9.26. The Morgan fingerprint density at radius 2 is 0.982 bits per heavy atom. The average molecular weight is 789 g/mol. The number of anilines is 4. The maximum atomic E-state index is 13.9. The van der Waals surface area contributed by atoms with E-state index in [1.54, 1.807) is 9.80 Å². The summed E-state index contributed by atoms with van der Waals surface area (Å²) in [6.45, 7) is 0.303. The van der Waals surface area contributed by atoms with Crippen LogP contribution in [0.3, 0.4) is 0 Å². The molecule has 4 aromatic rings. The second-order valence-electron chi connectivity index (χ2n) is 15.3. The maximum absolute atomic E-state index is 13.9. The summed E-state index contributed by atoms with van der Waals surface area (Å²) in [5, 5.41) is 0. The van der Waals surface area contributed by atoms with E-state index in [0.717, 1.165) is 79.9 Å². The molecule has 8 rings (SSSR count). The largest absolute Gasteiger partial charge is 0.421 e. The highest BCUT2D eigenvalue weighted by Crippen LogP contribution is 2.55. The molecule has 2 heterocycles. The number of benzene rings is 4. The van der Waals surface area contributed by atoms with Crippen molar-refractivity contribution in [1.82, 2.24) is 9.80 Å². The summed E-state index contributed by atoms with van der Waals surface area (Å²) in [5.74, 6) is -0.258. The van der Waals surface area contributed by atoms with Crippen LogP contribution < -0.4 is 19.3 Å². The zero-order valence-electron chi connectivity index (χ0n) is 31.9. The van der Waals surface area contributed by atoms with Crippen LogP contribution >= 0.6 is 23.5 Å². The third-order valence-electron chi connectivity index (χ3n) is 10.0. The van der Waals surface area contributed by atoms with Gasteiger partial charge in [0.15, 0.2) is 11.5 Å². The number of ether oxygens (including phenoxy) is 2. The van der Waals surface area contributed by atoms with Crippen LogP contribution in [-0.4, -0.2) is 74.8 Å². The minimum atomic E-state index is -0.767. The molecule has 2 saturated carbocycles. The molecule has 2 fully saturated rings. The molecule has 2 aliphatic heterocycles. The maximum Gasteiger partial charge on any atom is 0.336 e. The Bertz CT molecular complexity index is 2110. The Balaban J connectivity index is 1.11.